The molecule has 2 nitrogen and oxygen atoms in total. The smallest absolute Gasteiger partial charge is 0.146 e. The maximum Gasteiger partial charge on any atom is 0.146 e. The molecule has 0 unspecified atom stereocenters. The lowest BCUT2D eigenvalue weighted by molar-refractivity contribution is 0.663. The second-order valence-corrected chi connectivity index (χ2v) is 10.2. The van der Waals surface area contributed by atoms with E-state index < -0.39 is 7.68 Å². The summed E-state index contributed by atoms with van der Waals surface area (Å²) in [5.41, 5.74) is 0. The van der Waals surface area contributed by atoms with E-state index in [-0.39, 0.29) is 13.3 Å². The van der Waals surface area contributed by atoms with Gasteiger partial charge in [-0.15, -0.1) is 0 Å². The van der Waals surface area contributed by atoms with Crippen LogP contribution in [0.4, 0.5) is 0 Å². The quantitative estimate of drug-likeness (QED) is 0.587. The van der Waals surface area contributed by atoms with Gasteiger partial charge in [-0.05, 0) is 15.5 Å². The van der Waals surface area contributed by atoms with Crippen LogP contribution < -0.4 is 0 Å². The van der Waals surface area contributed by atoms with Crippen molar-refractivity contribution < 1.29 is 4.21 Å². The number of hydrogen-bond donors (Lipinski definition) is 0. The number of nitrogens with zero attached hydrogens (tertiary/aromatic N) is 1. The molecule has 0 saturated carbocycles. The molecule has 0 saturated heterocycles. The topological polar surface area (TPSA) is 20.3 Å². The van der Waals surface area contributed by atoms with Crippen molar-refractivity contribution in [3.8, 4) is 0 Å². The molecule has 8 heteroatoms. The van der Waals surface area contributed by atoms with Gasteiger partial charge in [0.05, 0.1) is 9.92 Å². The van der Waals surface area contributed by atoms with E-state index in [0.29, 0.717) is 0 Å². The first kappa shape index (κ1) is 12.8. The molecule has 14 heavy (non-hydrogen) atoms. The van der Waals surface area contributed by atoms with Crippen LogP contribution in [0, 0.1) is 0 Å². The average Bonchev–Trinajstić information content (AvgIpc) is 2.03. The van der Waals surface area contributed by atoms with E-state index in [1.165, 1.54) is 12.1 Å². The van der Waals surface area contributed by atoms with Gasteiger partial charge in [0.25, 0.3) is 0 Å². The van der Waals surface area contributed by atoms with Crippen molar-refractivity contribution in [2.45, 2.75) is 4.90 Å². The third kappa shape index (κ3) is 2.30. The Kier molecular flexibility index (Phi) is 3.65. The van der Waals surface area contributed by atoms with Gasteiger partial charge in [-0.3, -0.25) is 0 Å². The lowest BCUT2D eigenvalue weighted by atomic mass is 10.4. The zero-order valence-electron chi connectivity index (χ0n) is 6.46. The van der Waals surface area contributed by atoms with Crippen LogP contribution in [0.2, 0.25) is 5.02 Å². The third-order valence-electron chi connectivity index (χ3n) is 1.42. The van der Waals surface area contributed by atoms with Gasteiger partial charge in [-0.2, -0.15) is 0 Å². The number of rotatable bonds is 2. The van der Waals surface area contributed by atoms with Crippen LogP contribution in [0.3, 0.4) is 0 Å². The van der Waals surface area contributed by atoms with Crippen LogP contribution >= 0.6 is 56.5 Å². The third-order valence-corrected chi connectivity index (χ3v) is 7.64. The van der Waals surface area contributed by atoms with E-state index in [4.69, 9.17) is 56.5 Å². The monoisotopic (exact) mass is 313 g/mol. The van der Waals surface area contributed by atoms with Crippen LogP contribution in [0.25, 0.3) is 0 Å². The summed E-state index contributed by atoms with van der Waals surface area (Å²) in [5.74, 6) is 0. The Bertz CT molecular complexity index is 414. The Morgan fingerprint density at radius 1 is 1.14 bits per heavy atom. The first-order valence-corrected chi connectivity index (χ1v) is 7.85. The maximum atomic E-state index is 12.0. The predicted molar refractivity (Wildman–Crippen MR) is 63.1 cm³/mol. The van der Waals surface area contributed by atoms with Gasteiger partial charge in [0.2, 0.25) is 0 Å². The minimum absolute atomic E-state index is 0.0282. The van der Waals surface area contributed by atoms with E-state index >= 15 is 0 Å². The molecule has 0 spiro atoms. The van der Waals surface area contributed by atoms with Gasteiger partial charge < -0.3 is 0 Å². The van der Waals surface area contributed by atoms with Crippen molar-refractivity contribution in [3.63, 3.8) is 0 Å². The van der Waals surface area contributed by atoms with Crippen LogP contribution in [0.5, 0.6) is 0 Å². The molecular weight excluding hydrogens is 311 g/mol. The van der Waals surface area contributed by atoms with Crippen molar-refractivity contribution >= 4 is 64.2 Å². The van der Waals surface area contributed by atoms with Crippen LogP contribution in [-0.4, -0.2) is 7.55 Å². The van der Waals surface area contributed by atoms with Gasteiger partial charge in [-0.25, -0.2) is 4.21 Å². The van der Waals surface area contributed by atoms with E-state index in [1.54, 1.807) is 12.1 Å². The molecule has 0 aliphatic rings. The van der Waals surface area contributed by atoms with E-state index in [1.807, 2.05) is 0 Å². The van der Waals surface area contributed by atoms with Crippen molar-refractivity contribution in [2.75, 3.05) is 0 Å². The summed E-state index contributed by atoms with van der Waals surface area (Å²) in [7, 11) is 6.82. The summed E-state index contributed by atoms with van der Waals surface area (Å²) in [6.07, 6.45) is 0. The second kappa shape index (κ2) is 3.98. The van der Waals surface area contributed by atoms with Gasteiger partial charge in [-0.1, -0.05) is 23.7 Å². The van der Waals surface area contributed by atoms with Crippen LogP contribution in [0.1, 0.15) is 0 Å². The maximum absolute atomic E-state index is 12.0. The first-order chi connectivity index (χ1) is 6.24. The molecule has 0 radical (unpaired) electrons. The zero-order chi connectivity index (χ0) is 11.0. The highest BCUT2D eigenvalue weighted by molar-refractivity contribution is 8.53. The molecule has 80 valence electrons. The number of benzene rings is 1. The molecule has 0 fully saturated rings. The lowest BCUT2D eigenvalue weighted by Gasteiger charge is -2.30. The van der Waals surface area contributed by atoms with Crippen molar-refractivity contribution in [3.05, 3.63) is 29.3 Å². The van der Waals surface area contributed by atoms with Gasteiger partial charge in [0.15, 0.2) is 0 Å². The Hall–Kier alpha value is 0.780. The molecule has 1 aromatic carbocycles. The molecule has 1 aromatic rings. The highest BCUT2D eigenvalue weighted by Gasteiger charge is 2.42. The summed E-state index contributed by atoms with van der Waals surface area (Å²) in [5, 5.41) is 0.126. The largest absolute Gasteiger partial charge is 0.231 e. The molecule has 0 heterocycles. The lowest BCUT2D eigenvalue weighted by Crippen LogP contribution is -2.27. The van der Waals surface area contributed by atoms with Gasteiger partial charge in [0, 0.05) is 44.9 Å². The zero-order valence-corrected chi connectivity index (χ0v) is 11.1. The highest BCUT2D eigenvalue weighted by Crippen LogP contribution is 2.52. The van der Waals surface area contributed by atoms with Crippen molar-refractivity contribution in [1.82, 2.24) is 3.34 Å². The van der Waals surface area contributed by atoms with Gasteiger partial charge in [0.1, 0.15) is 7.68 Å². The van der Waals surface area contributed by atoms with E-state index in [9.17, 15) is 4.21 Å². The number of halogens is 5. The first-order valence-electron chi connectivity index (χ1n) is 3.22. The molecule has 0 aliphatic heterocycles. The summed E-state index contributed by atoms with van der Waals surface area (Å²) in [4.78, 5) is -0.0282. The van der Waals surface area contributed by atoms with E-state index in [2.05, 4.69) is 0 Å². The molecule has 0 aromatic heterocycles. The normalized spacial score (nSPS) is 15.1. The fourth-order valence-corrected chi connectivity index (χ4v) is 3.67. The SMILES string of the molecule is O=S(Cl)(Cl)(c1ccccc1Cl)N(Cl)Cl. The highest BCUT2D eigenvalue weighted by atomic mass is 36.0. The Morgan fingerprint density at radius 2 is 1.64 bits per heavy atom. The van der Waals surface area contributed by atoms with Gasteiger partial charge >= 0.3 is 0 Å². The standard InChI is InChI=1S/C6H4Cl5NOS/c7-5-3-1-2-4-6(5)14(10,11,13)12(8)9/h1-4H. The van der Waals surface area contributed by atoms with Crippen molar-refractivity contribution in [1.29, 1.82) is 0 Å². The minimum atomic E-state index is -4.49. The summed E-state index contributed by atoms with van der Waals surface area (Å²) < 4.78 is 12.2. The fraction of sp³-hybridized carbons (Fsp3) is 0. The number of hydrogen-bond acceptors (Lipinski definition) is 1. The molecule has 0 bridgehead atoms. The summed E-state index contributed by atoms with van der Waals surface area (Å²) in [6.45, 7) is 0. The van der Waals surface area contributed by atoms with Crippen molar-refractivity contribution in [2.24, 2.45) is 0 Å². The minimum Gasteiger partial charge on any atom is -0.231 e. The summed E-state index contributed by atoms with van der Waals surface area (Å²) in [6, 6.07) is 6.06. The molecular formula is C6H4Cl5NOS. The second-order valence-electron chi connectivity index (χ2n) is 2.36. The summed E-state index contributed by atoms with van der Waals surface area (Å²) >= 11 is 16.4. The molecule has 0 atom stereocenters. The molecule has 0 aliphatic carbocycles. The Morgan fingerprint density at radius 3 is 2.07 bits per heavy atom. The average molecular weight is 315 g/mol. The molecule has 0 amide bonds. The Labute approximate surface area is 105 Å². The Balaban J connectivity index is 3.45. The van der Waals surface area contributed by atoms with Crippen LogP contribution in [-0.2, 0) is 7.68 Å². The predicted octanol–water partition coefficient (Wildman–Crippen LogP) is 4.35. The molecule has 0 N–H and O–H groups in total. The molecule has 1 rings (SSSR count). The van der Waals surface area contributed by atoms with Crippen LogP contribution in [0.15, 0.2) is 29.2 Å². The fourth-order valence-electron chi connectivity index (χ4n) is 0.786. The van der Waals surface area contributed by atoms with E-state index in [0.717, 1.165) is 0 Å².